The minimum Gasteiger partial charge on any atom is -0.356 e. The fourth-order valence-corrected chi connectivity index (χ4v) is 1.79. The summed E-state index contributed by atoms with van der Waals surface area (Å²) in [5, 5.41) is 10.7. The second kappa shape index (κ2) is 3.74. The van der Waals surface area contributed by atoms with Crippen LogP contribution in [0.5, 0.6) is 0 Å². The van der Waals surface area contributed by atoms with E-state index < -0.39 is 6.10 Å². The number of fused-ring (bicyclic) bond motifs is 1. The summed E-state index contributed by atoms with van der Waals surface area (Å²) in [4.78, 5) is 15.9. The summed E-state index contributed by atoms with van der Waals surface area (Å²) in [7, 11) is 0. The van der Waals surface area contributed by atoms with Crippen molar-refractivity contribution in [2.45, 2.75) is 12.5 Å². The van der Waals surface area contributed by atoms with Crippen LogP contribution in [0.1, 0.15) is 17.5 Å². The molecule has 17 heavy (non-hydrogen) atoms. The molecule has 0 radical (unpaired) electrons. The number of ether oxygens (including phenoxy) is 1. The first kappa shape index (κ1) is 10.1. The Balaban J connectivity index is 1.91. The van der Waals surface area contributed by atoms with E-state index in [4.69, 9.17) is 4.74 Å². The van der Waals surface area contributed by atoms with Crippen molar-refractivity contribution in [3.05, 3.63) is 29.7 Å². The van der Waals surface area contributed by atoms with Gasteiger partial charge in [0.1, 0.15) is 5.69 Å². The number of hydrogen-bond donors (Lipinski definition) is 1. The van der Waals surface area contributed by atoms with Crippen molar-refractivity contribution in [1.29, 1.82) is 0 Å². The Labute approximate surface area is 97.4 Å². The van der Waals surface area contributed by atoms with Crippen LogP contribution in [-0.2, 0) is 16.0 Å². The Kier molecular flexibility index (Phi) is 2.22. The second-order valence-corrected chi connectivity index (χ2v) is 3.90. The Morgan fingerprint density at radius 1 is 1.47 bits per heavy atom. The topological polar surface area (TPSA) is 76.5 Å². The van der Waals surface area contributed by atoms with E-state index in [0.29, 0.717) is 24.4 Å². The molecule has 1 unspecified atom stereocenters. The summed E-state index contributed by atoms with van der Waals surface area (Å²) in [6.07, 6.45) is 1.73. The van der Waals surface area contributed by atoms with Crippen molar-refractivity contribution in [2.24, 2.45) is 4.99 Å². The lowest BCUT2D eigenvalue weighted by Gasteiger charge is -2.23. The summed E-state index contributed by atoms with van der Waals surface area (Å²) < 4.78 is 5.38. The fourth-order valence-electron chi connectivity index (χ4n) is 1.79. The Morgan fingerprint density at radius 3 is 3.18 bits per heavy atom. The smallest absolute Gasteiger partial charge is 0.259 e. The lowest BCUT2D eigenvalue weighted by molar-refractivity contribution is -0.135. The van der Waals surface area contributed by atoms with Gasteiger partial charge >= 0.3 is 0 Å². The highest BCUT2D eigenvalue weighted by Gasteiger charge is 2.29. The molecule has 1 N–H and O–H groups in total. The van der Waals surface area contributed by atoms with E-state index in [1.54, 1.807) is 12.3 Å². The van der Waals surface area contributed by atoms with Gasteiger partial charge in [-0.3, -0.25) is 9.79 Å². The molecule has 2 aliphatic heterocycles. The molecule has 1 aromatic rings. The van der Waals surface area contributed by atoms with Gasteiger partial charge in [0, 0.05) is 18.3 Å². The number of hydrogen-bond acceptors (Lipinski definition) is 5. The van der Waals surface area contributed by atoms with Crippen LogP contribution in [-0.4, -0.2) is 28.9 Å². The molecule has 1 aromatic heterocycles. The first-order valence-electron chi connectivity index (χ1n) is 5.23. The molecule has 2 aliphatic rings. The molecule has 3 heterocycles. The number of aromatic nitrogens is 2. The van der Waals surface area contributed by atoms with Gasteiger partial charge in [0.2, 0.25) is 0 Å². The number of nitrogens with zero attached hydrogens (tertiary/aromatic N) is 3. The van der Waals surface area contributed by atoms with Crippen LogP contribution in [0.3, 0.4) is 0 Å². The van der Waals surface area contributed by atoms with Crippen LogP contribution < -0.4 is 5.32 Å². The SMILES string of the molecule is C=C1COC(c2cc3c(nn2)CC=N3)C(=O)N1. The van der Waals surface area contributed by atoms with Crippen LogP contribution in [0.2, 0.25) is 0 Å². The van der Waals surface area contributed by atoms with E-state index >= 15 is 0 Å². The Morgan fingerprint density at radius 2 is 2.35 bits per heavy atom. The Hall–Kier alpha value is -2.08. The van der Waals surface area contributed by atoms with Crippen LogP contribution in [0.15, 0.2) is 23.3 Å². The fraction of sp³-hybridized carbons (Fsp3) is 0.273. The van der Waals surface area contributed by atoms with Crippen molar-refractivity contribution in [2.75, 3.05) is 6.61 Å². The first-order valence-corrected chi connectivity index (χ1v) is 5.23. The first-order chi connectivity index (χ1) is 8.24. The van der Waals surface area contributed by atoms with Gasteiger partial charge in [0.05, 0.1) is 18.0 Å². The summed E-state index contributed by atoms with van der Waals surface area (Å²) in [6.45, 7) is 3.92. The van der Waals surface area contributed by atoms with Crippen molar-refractivity contribution in [1.82, 2.24) is 15.5 Å². The van der Waals surface area contributed by atoms with Crippen molar-refractivity contribution in [3.63, 3.8) is 0 Å². The predicted octanol–water partition coefficient (Wildman–Crippen LogP) is 0.436. The highest BCUT2D eigenvalue weighted by Crippen LogP contribution is 2.27. The molecule has 1 saturated heterocycles. The number of aliphatic imine (C=N–C) groups is 1. The van der Waals surface area contributed by atoms with E-state index in [9.17, 15) is 4.79 Å². The number of morpholine rings is 1. The van der Waals surface area contributed by atoms with Gasteiger partial charge in [-0.2, -0.15) is 10.2 Å². The minimum atomic E-state index is -0.728. The van der Waals surface area contributed by atoms with Gasteiger partial charge in [-0.15, -0.1) is 0 Å². The monoisotopic (exact) mass is 230 g/mol. The van der Waals surface area contributed by atoms with Crippen molar-refractivity contribution >= 4 is 17.8 Å². The molecule has 3 rings (SSSR count). The Bertz CT molecular complexity index is 538. The van der Waals surface area contributed by atoms with Crippen molar-refractivity contribution in [3.8, 4) is 0 Å². The maximum absolute atomic E-state index is 11.7. The molecule has 1 amide bonds. The van der Waals surface area contributed by atoms with E-state index in [-0.39, 0.29) is 5.91 Å². The van der Waals surface area contributed by atoms with Gasteiger partial charge in [0.15, 0.2) is 6.10 Å². The average Bonchev–Trinajstić information content (AvgIpc) is 2.75. The lowest BCUT2D eigenvalue weighted by Crippen LogP contribution is -2.37. The number of carbonyl (C=O) groups is 1. The average molecular weight is 230 g/mol. The second-order valence-electron chi connectivity index (χ2n) is 3.90. The number of amides is 1. The molecule has 86 valence electrons. The molecular weight excluding hydrogens is 220 g/mol. The van der Waals surface area contributed by atoms with Crippen LogP contribution in [0.4, 0.5) is 5.69 Å². The molecule has 6 heteroatoms. The summed E-state index contributed by atoms with van der Waals surface area (Å²) in [5.74, 6) is -0.266. The normalized spacial score (nSPS) is 22.5. The van der Waals surface area contributed by atoms with E-state index in [1.165, 1.54) is 0 Å². The van der Waals surface area contributed by atoms with E-state index in [0.717, 1.165) is 11.4 Å². The third kappa shape index (κ3) is 1.72. The standard InChI is InChI=1S/C11H10N4O2/c1-6-5-17-10(11(16)13-6)9-4-8-7(14-15-9)2-3-12-8/h3-4,10H,1-2,5H2,(H,13,16). The van der Waals surface area contributed by atoms with E-state index in [1.807, 2.05) is 0 Å². The molecule has 0 aromatic carbocycles. The zero-order valence-electron chi connectivity index (χ0n) is 9.01. The minimum absolute atomic E-state index is 0.266. The third-order valence-electron chi connectivity index (χ3n) is 2.61. The molecule has 1 fully saturated rings. The summed E-state index contributed by atoms with van der Waals surface area (Å²) in [6, 6.07) is 1.74. The lowest BCUT2D eigenvalue weighted by atomic mass is 10.1. The quantitative estimate of drug-likeness (QED) is 0.759. The van der Waals surface area contributed by atoms with Crippen LogP contribution >= 0.6 is 0 Å². The highest BCUT2D eigenvalue weighted by molar-refractivity contribution is 5.84. The van der Waals surface area contributed by atoms with Gasteiger partial charge in [0.25, 0.3) is 5.91 Å². The molecular formula is C11H10N4O2. The molecule has 1 atom stereocenters. The molecule has 0 bridgehead atoms. The highest BCUT2D eigenvalue weighted by atomic mass is 16.5. The number of nitrogens with one attached hydrogen (secondary N) is 1. The van der Waals surface area contributed by atoms with Gasteiger partial charge in [-0.1, -0.05) is 6.58 Å². The molecule has 6 nitrogen and oxygen atoms in total. The molecule has 0 saturated carbocycles. The molecule has 0 aliphatic carbocycles. The molecule has 0 spiro atoms. The third-order valence-corrected chi connectivity index (χ3v) is 2.61. The largest absolute Gasteiger partial charge is 0.356 e. The van der Waals surface area contributed by atoms with E-state index in [2.05, 4.69) is 27.1 Å². The van der Waals surface area contributed by atoms with Crippen LogP contribution in [0, 0.1) is 0 Å². The summed E-state index contributed by atoms with van der Waals surface area (Å²) >= 11 is 0. The maximum Gasteiger partial charge on any atom is 0.259 e. The maximum atomic E-state index is 11.7. The summed E-state index contributed by atoms with van der Waals surface area (Å²) in [5.41, 5.74) is 2.62. The predicted molar refractivity (Wildman–Crippen MR) is 59.9 cm³/mol. The number of carbonyl (C=O) groups excluding carboxylic acids is 1. The van der Waals surface area contributed by atoms with Gasteiger partial charge in [-0.05, 0) is 6.07 Å². The van der Waals surface area contributed by atoms with Gasteiger partial charge < -0.3 is 10.1 Å². The van der Waals surface area contributed by atoms with Crippen LogP contribution in [0.25, 0.3) is 0 Å². The zero-order chi connectivity index (χ0) is 11.8. The zero-order valence-corrected chi connectivity index (χ0v) is 9.01. The van der Waals surface area contributed by atoms with Gasteiger partial charge in [-0.25, -0.2) is 0 Å². The van der Waals surface area contributed by atoms with Crippen molar-refractivity contribution < 1.29 is 9.53 Å². The number of rotatable bonds is 1.